The molecule has 6 rings (SSSR count). The smallest absolute Gasteiger partial charge is 0.338 e. The molecule has 10 heteroatoms. The Morgan fingerprint density at radius 1 is 1.05 bits per heavy atom. The third kappa shape index (κ3) is 4.97. The number of rotatable bonds is 6. The fourth-order valence-electron chi connectivity index (χ4n) is 5.90. The van der Waals surface area contributed by atoms with E-state index in [2.05, 4.69) is 4.57 Å². The summed E-state index contributed by atoms with van der Waals surface area (Å²) >= 11 is 13.8. The number of allylic oxidation sites excluding steroid dienone is 1. The SMILES string of the molecule is CCOC(=O)C1=C(C)N=c2s/c(=C/c3cc(C)n(-c4ccc(Cl)c(Cl)c4)c3C)c(=O)n2[C@H]1c1c(OC)ccc2ccccc12. The average molecular weight is 647 g/mol. The molecule has 1 aliphatic heterocycles. The Morgan fingerprint density at radius 2 is 1.82 bits per heavy atom. The van der Waals surface area contributed by atoms with Crippen molar-refractivity contribution in [2.24, 2.45) is 4.99 Å². The van der Waals surface area contributed by atoms with Crippen molar-refractivity contribution >= 4 is 57.4 Å². The number of nitrogens with zero attached hydrogens (tertiary/aromatic N) is 3. The molecule has 0 fully saturated rings. The maximum Gasteiger partial charge on any atom is 0.338 e. The van der Waals surface area contributed by atoms with Gasteiger partial charge in [-0.1, -0.05) is 64.9 Å². The third-order valence-corrected chi connectivity index (χ3v) is 9.58. The van der Waals surface area contributed by atoms with Crippen LogP contribution in [0.5, 0.6) is 5.75 Å². The van der Waals surface area contributed by atoms with E-state index in [1.807, 2.05) is 74.5 Å². The molecule has 1 atom stereocenters. The number of halogens is 2. The van der Waals surface area contributed by atoms with Gasteiger partial charge < -0.3 is 14.0 Å². The number of benzene rings is 3. The van der Waals surface area contributed by atoms with Crippen LogP contribution in [0.15, 0.2) is 81.7 Å². The second-order valence-corrected chi connectivity index (χ2v) is 12.3. The van der Waals surface area contributed by atoms with Crippen LogP contribution < -0.4 is 19.6 Å². The first kappa shape index (κ1) is 29.9. The van der Waals surface area contributed by atoms with Crippen LogP contribution in [0.2, 0.25) is 10.0 Å². The van der Waals surface area contributed by atoms with Crippen molar-refractivity contribution < 1.29 is 14.3 Å². The Bertz CT molecular complexity index is 2190. The minimum Gasteiger partial charge on any atom is -0.496 e. The van der Waals surface area contributed by atoms with Crippen LogP contribution in [0.4, 0.5) is 0 Å². The van der Waals surface area contributed by atoms with Crippen molar-refractivity contribution in [1.29, 1.82) is 0 Å². The average Bonchev–Trinajstić information content (AvgIpc) is 3.46. The summed E-state index contributed by atoms with van der Waals surface area (Å²) in [6.45, 7) is 7.71. The Balaban J connectivity index is 1.60. The Labute approximate surface area is 267 Å². The van der Waals surface area contributed by atoms with Crippen LogP contribution in [0.3, 0.4) is 0 Å². The Kier molecular flexibility index (Phi) is 8.01. The number of esters is 1. The van der Waals surface area contributed by atoms with E-state index in [1.165, 1.54) is 11.3 Å². The summed E-state index contributed by atoms with van der Waals surface area (Å²) < 4.78 is 15.5. The molecule has 0 radical (unpaired) electrons. The van der Waals surface area contributed by atoms with Gasteiger partial charge in [0.25, 0.3) is 5.56 Å². The second kappa shape index (κ2) is 11.8. The van der Waals surface area contributed by atoms with Gasteiger partial charge >= 0.3 is 5.97 Å². The zero-order valence-corrected chi connectivity index (χ0v) is 27.1. The molecule has 1 aliphatic rings. The van der Waals surface area contributed by atoms with Crippen LogP contribution in [0.1, 0.15) is 42.4 Å². The predicted octanol–water partition coefficient (Wildman–Crippen LogP) is 6.67. The van der Waals surface area contributed by atoms with Crippen molar-refractivity contribution in [1.82, 2.24) is 9.13 Å². The molecule has 224 valence electrons. The van der Waals surface area contributed by atoms with E-state index in [0.29, 0.717) is 42.0 Å². The third-order valence-electron chi connectivity index (χ3n) is 7.86. The lowest BCUT2D eigenvalue weighted by Gasteiger charge is -2.27. The fraction of sp³-hybridized carbons (Fsp3) is 0.206. The number of methoxy groups -OCH3 is 1. The molecule has 0 bridgehead atoms. The second-order valence-electron chi connectivity index (χ2n) is 10.5. The summed E-state index contributed by atoms with van der Waals surface area (Å²) in [7, 11) is 1.58. The fourth-order valence-corrected chi connectivity index (χ4v) is 7.23. The summed E-state index contributed by atoms with van der Waals surface area (Å²) in [5.74, 6) is 0.0399. The highest BCUT2D eigenvalue weighted by Gasteiger charge is 2.36. The van der Waals surface area contributed by atoms with E-state index in [9.17, 15) is 9.59 Å². The summed E-state index contributed by atoms with van der Waals surface area (Å²) in [5, 5.41) is 2.77. The monoisotopic (exact) mass is 645 g/mol. The molecule has 0 amide bonds. The molecule has 7 nitrogen and oxygen atoms in total. The maximum atomic E-state index is 14.4. The molecule has 0 N–H and O–H groups in total. The van der Waals surface area contributed by atoms with Crippen LogP contribution in [-0.4, -0.2) is 28.8 Å². The lowest BCUT2D eigenvalue weighted by Crippen LogP contribution is -2.40. The number of hydrogen-bond donors (Lipinski definition) is 0. The van der Waals surface area contributed by atoms with Gasteiger partial charge in [-0.25, -0.2) is 9.79 Å². The highest BCUT2D eigenvalue weighted by molar-refractivity contribution is 7.07. The highest BCUT2D eigenvalue weighted by Crippen LogP contribution is 2.40. The number of ether oxygens (including phenoxy) is 2. The minimum atomic E-state index is -0.808. The molecule has 3 heterocycles. The molecule has 0 spiro atoms. The minimum absolute atomic E-state index is 0.188. The number of hydrogen-bond acceptors (Lipinski definition) is 6. The molecule has 3 aromatic carbocycles. The van der Waals surface area contributed by atoms with Gasteiger partial charge in [0, 0.05) is 22.6 Å². The van der Waals surface area contributed by atoms with Crippen molar-refractivity contribution in [3.05, 3.63) is 124 Å². The first-order chi connectivity index (χ1) is 21.1. The Hall–Kier alpha value is -4.11. The molecule has 0 saturated carbocycles. The maximum absolute atomic E-state index is 14.4. The van der Waals surface area contributed by atoms with Crippen LogP contribution in [-0.2, 0) is 9.53 Å². The predicted molar refractivity (Wildman–Crippen MR) is 176 cm³/mol. The molecule has 0 saturated heterocycles. The standard InChI is InChI=1S/C34H29Cl2N3O4S/c1-6-43-33(41)29-19(3)37-34-39(31(29)30-24-10-8-7-9-21(24)11-14-27(30)42-5)32(40)28(44-34)16-22-15-18(2)38(20(22)4)23-12-13-25(35)26(36)17-23/h7-17,31H,6H2,1-5H3/b28-16+/t31-/m1/s1. The number of aromatic nitrogens is 2. The van der Waals surface area contributed by atoms with E-state index in [1.54, 1.807) is 31.6 Å². The lowest BCUT2D eigenvalue weighted by atomic mass is 9.90. The van der Waals surface area contributed by atoms with Gasteiger partial charge in [0.1, 0.15) is 11.8 Å². The van der Waals surface area contributed by atoms with Crippen LogP contribution >= 0.6 is 34.5 Å². The van der Waals surface area contributed by atoms with Gasteiger partial charge in [0.15, 0.2) is 4.80 Å². The first-order valence-electron chi connectivity index (χ1n) is 14.0. The molecule has 0 aliphatic carbocycles. The number of thiazole rings is 1. The zero-order valence-electron chi connectivity index (χ0n) is 24.8. The van der Waals surface area contributed by atoms with E-state index < -0.39 is 12.0 Å². The first-order valence-corrected chi connectivity index (χ1v) is 15.6. The molecular weight excluding hydrogens is 617 g/mol. The number of carbonyl (C=O) groups excluding carboxylic acids is 1. The van der Waals surface area contributed by atoms with Gasteiger partial charge in [-0.05, 0) is 80.4 Å². The van der Waals surface area contributed by atoms with E-state index in [0.717, 1.165) is 33.4 Å². The van der Waals surface area contributed by atoms with E-state index in [4.69, 9.17) is 37.7 Å². The topological polar surface area (TPSA) is 74.8 Å². The highest BCUT2D eigenvalue weighted by atomic mass is 35.5. The summed E-state index contributed by atoms with van der Waals surface area (Å²) in [4.78, 5) is 33.1. The number of aryl methyl sites for hydroxylation is 1. The normalized spacial score (nSPS) is 15.0. The van der Waals surface area contributed by atoms with Crippen molar-refractivity contribution in [2.45, 2.75) is 33.7 Å². The van der Waals surface area contributed by atoms with Crippen LogP contribution in [0, 0.1) is 13.8 Å². The zero-order chi connectivity index (χ0) is 31.3. The Morgan fingerprint density at radius 3 is 2.55 bits per heavy atom. The van der Waals surface area contributed by atoms with Gasteiger partial charge in [-0.3, -0.25) is 9.36 Å². The number of carbonyl (C=O) groups is 1. The quantitative estimate of drug-likeness (QED) is 0.193. The van der Waals surface area contributed by atoms with E-state index >= 15 is 0 Å². The van der Waals surface area contributed by atoms with Gasteiger partial charge in [0.2, 0.25) is 0 Å². The van der Waals surface area contributed by atoms with E-state index in [-0.39, 0.29) is 12.2 Å². The molecule has 5 aromatic rings. The van der Waals surface area contributed by atoms with Gasteiger partial charge in [0.05, 0.1) is 39.6 Å². The summed E-state index contributed by atoms with van der Waals surface area (Å²) in [6.07, 6.45) is 1.88. The van der Waals surface area contributed by atoms with Crippen molar-refractivity contribution in [2.75, 3.05) is 13.7 Å². The summed E-state index contributed by atoms with van der Waals surface area (Å²) in [5.41, 5.74) is 4.89. The van der Waals surface area contributed by atoms with Gasteiger partial charge in [-0.15, -0.1) is 0 Å². The lowest BCUT2D eigenvalue weighted by molar-refractivity contribution is -0.139. The van der Waals surface area contributed by atoms with Crippen molar-refractivity contribution in [3.63, 3.8) is 0 Å². The molecular formula is C34H29Cl2N3O4S. The largest absolute Gasteiger partial charge is 0.496 e. The molecule has 0 unspecified atom stereocenters. The van der Waals surface area contributed by atoms with Crippen LogP contribution in [0.25, 0.3) is 22.5 Å². The van der Waals surface area contributed by atoms with Crippen molar-refractivity contribution in [3.8, 4) is 11.4 Å². The molecule has 44 heavy (non-hydrogen) atoms. The van der Waals surface area contributed by atoms with Gasteiger partial charge in [-0.2, -0.15) is 0 Å². The summed E-state index contributed by atoms with van der Waals surface area (Å²) in [6, 6.07) is 18.4. The molecule has 2 aromatic heterocycles. The number of fused-ring (bicyclic) bond motifs is 2.